The predicted octanol–water partition coefficient (Wildman–Crippen LogP) is 3.61. The van der Waals surface area contributed by atoms with Crippen molar-refractivity contribution < 1.29 is 42.1 Å². The number of nitrogens with zero attached hydrogens (tertiary/aromatic N) is 2. The number of urea groups is 1. The van der Waals surface area contributed by atoms with Gasteiger partial charge in [0.2, 0.25) is 6.79 Å². The molecular formula is C31H36N4O9S. The number of fused-ring (bicyclic) bond motifs is 2. The van der Waals surface area contributed by atoms with Crippen LogP contribution in [0, 0.1) is 5.92 Å². The molecule has 0 saturated heterocycles. The number of ether oxygens (including phenoxy) is 4. The molecule has 5 rings (SSSR count). The summed E-state index contributed by atoms with van der Waals surface area (Å²) in [5.74, 6) is 1.21. The second-order valence-electron chi connectivity index (χ2n) is 11.0. The van der Waals surface area contributed by atoms with Crippen LogP contribution in [-0.4, -0.2) is 88.1 Å². The number of amides is 3. The summed E-state index contributed by atoms with van der Waals surface area (Å²) >= 11 is 0. The summed E-state index contributed by atoms with van der Waals surface area (Å²) in [5.41, 5.74) is 0.810. The molecular weight excluding hydrogens is 604 g/mol. The number of hydrogen-bond donors (Lipinski definition) is 3. The summed E-state index contributed by atoms with van der Waals surface area (Å²) in [6.07, 6.45) is -0.556. The maximum atomic E-state index is 13.8. The van der Waals surface area contributed by atoms with E-state index in [-0.39, 0.29) is 60.3 Å². The van der Waals surface area contributed by atoms with Crippen LogP contribution in [0.2, 0.25) is 0 Å². The fraction of sp³-hybridized carbons (Fsp3) is 0.355. The van der Waals surface area contributed by atoms with Gasteiger partial charge in [0.1, 0.15) is 17.6 Å². The highest BCUT2D eigenvalue weighted by atomic mass is 32.2. The number of nitrogens with one attached hydrogen (secondary N) is 2. The molecule has 0 saturated carbocycles. The first kappa shape index (κ1) is 31.7. The van der Waals surface area contributed by atoms with Gasteiger partial charge < -0.3 is 39.2 Å². The Morgan fingerprint density at radius 1 is 1.07 bits per heavy atom. The monoisotopic (exact) mass is 640 g/mol. The zero-order valence-electron chi connectivity index (χ0n) is 25.3. The Morgan fingerprint density at radius 3 is 2.47 bits per heavy atom. The Kier molecular flexibility index (Phi) is 9.25. The van der Waals surface area contributed by atoms with Crippen LogP contribution in [0.3, 0.4) is 0 Å². The topological polar surface area (TPSA) is 156 Å². The number of hydrogen-bond acceptors (Lipinski definition) is 9. The number of carbonyl (C=O) groups excluding carboxylic acids is 2. The van der Waals surface area contributed by atoms with E-state index >= 15 is 0 Å². The van der Waals surface area contributed by atoms with Gasteiger partial charge in [-0.1, -0.05) is 6.92 Å². The van der Waals surface area contributed by atoms with Gasteiger partial charge in [0.05, 0.1) is 36.8 Å². The summed E-state index contributed by atoms with van der Waals surface area (Å²) < 4.78 is 50.9. The molecule has 45 heavy (non-hydrogen) atoms. The lowest BCUT2D eigenvalue weighted by Crippen LogP contribution is -2.50. The molecule has 3 aromatic rings. The molecule has 2 heterocycles. The van der Waals surface area contributed by atoms with Gasteiger partial charge in [0, 0.05) is 37.0 Å². The lowest BCUT2D eigenvalue weighted by Gasteiger charge is -2.38. The molecule has 3 atom stereocenters. The van der Waals surface area contributed by atoms with E-state index in [9.17, 15) is 23.1 Å². The van der Waals surface area contributed by atoms with Crippen LogP contribution in [0.1, 0.15) is 24.2 Å². The van der Waals surface area contributed by atoms with Crippen molar-refractivity contribution in [2.75, 3.05) is 50.7 Å². The first-order valence-electron chi connectivity index (χ1n) is 14.3. The second kappa shape index (κ2) is 13.1. The molecule has 240 valence electrons. The molecule has 13 nitrogen and oxygen atoms in total. The summed E-state index contributed by atoms with van der Waals surface area (Å²) in [5, 5.41) is 12.8. The number of anilines is 2. The lowest BCUT2D eigenvalue weighted by molar-refractivity contribution is 0.0371. The molecule has 0 fully saturated rings. The number of aliphatic hydroxyl groups is 1. The standard InChI is InChI=1S/C31H36N4O9S/c1-19-15-35(20(2)17-36)30(37)25-13-22(33-45(39,40)24-9-7-23(41-4)8-10-24)6-11-26(25)44-29(19)16-34(3)31(38)32-21-5-12-27-28(14-21)43-18-42-27/h5-14,19-20,29,33,36H,15-18H2,1-4H3,(H,32,38)/t19-,20-,29+/m1/s1. The van der Waals surface area contributed by atoms with E-state index in [0.29, 0.717) is 22.9 Å². The Hall–Kier alpha value is -4.69. The fourth-order valence-electron chi connectivity index (χ4n) is 5.02. The van der Waals surface area contributed by atoms with E-state index < -0.39 is 28.1 Å². The number of rotatable bonds is 9. The fourth-order valence-corrected chi connectivity index (χ4v) is 6.07. The van der Waals surface area contributed by atoms with Crippen molar-refractivity contribution in [2.45, 2.75) is 30.9 Å². The van der Waals surface area contributed by atoms with Crippen molar-refractivity contribution in [3.8, 4) is 23.0 Å². The van der Waals surface area contributed by atoms with Crippen LogP contribution >= 0.6 is 0 Å². The summed E-state index contributed by atoms with van der Waals surface area (Å²) in [7, 11) is -0.866. The molecule has 3 amide bonds. The SMILES string of the molecule is COc1ccc(S(=O)(=O)Nc2ccc3c(c2)C(=O)N([C@H](C)CO)C[C@@H](C)[C@H](CN(C)C(=O)Nc2ccc4c(c2)OCO4)O3)cc1. The third-order valence-corrected chi connectivity index (χ3v) is 9.11. The molecule has 14 heteroatoms. The van der Waals surface area contributed by atoms with Gasteiger partial charge in [-0.25, -0.2) is 13.2 Å². The summed E-state index contributed by atoms with van der Waals surface area (Å²) in [4.78, 5) is 29.9. The smallest absolute Gasteiger partial charge is 0.321 e. The highest BCUT2D eigenvalue weighted by Gasteiger charge is 2.34. The quantitative estimate of drug-likeness (QED) is 0.318. The van der Waals surface area contributed by atoms with Crippen LogP contribution in [0.25, 0.3) is 0 Å². The lowest BCUT2D eigenvalue weighted by atomic mass is 9.99. The zero-order valence-corrected chi connectivity index (χ0v) is 26.2. The zero-order chi connectivity index (χ0) is 32.3. The Balaban J connectivity index is 1.38. The molecule has 0 radical (unpaired) electrons. The minimum absolute atomic E-state index is 0.0177. The highest BCUT2D eigenvalue weighted by molar-refractivity contribution is 7.92. The average molecular weight is 641 g/mol. The number of benzene rings is 3. The van der Waals surface area contributed by atoms with Crippen molar-refractivity contribution in [2.24, 2.45) is 5.92 Å². The van der Waals surface area contributed by atoms with Crippen LogP contribution in [-0.2, 0) is 10.0 Å². The Morgan fingerprint density at radius 2 is 1.76 bits per heavy atom. The van der Waals surface area contributed by atoms with E-state index in [1.54, 1.807) is 32.2 Å². The van der Waals surface area contributed by atoms with E-state index in [1.165, 1.54) is 59.4 Å². The summed E-state index contributed by atoms with van der Waals surface area (Å²) in [6.45, 7) is 3.86. The van der Waals surface area contributed by atoms with E-state index in [4.69, 9.17) is 18.9 Å². The van der Waals surface area contributed by atoms with Gasteiger partial charge in [-0.2, -0.15) is 0 Å². The Labute approximate surface area is 261 Å². The van der Waals surface area contributed by atoms with Crippen molar-refractivity contribution in [3.63, 3.8) is 0 Å². The summed E-state index contributed by atoms with van der Waals surface area (Å²) in [6, 6.07) is 14.5. The highest BCUT2D eigenvalue weighted by Crippen LogP contribution is 2.35. The molecule has 0 spiro atoms. The van der Waals surface area contributed by atoms with Gasteiger partial charge in [-0.05, 0) is 61.5 Å². The van der Waals surface area contributed by atoms with Crippen molar-refractivity contribution in [3.05, 3.63) is 66.2 Å². The van der Waals surface area contributed by atoms with E-state index in [2.05, 4.69) is 10.0 Å². The maximum Gasteiger partial charge on any atom is 0.321 e. The Bertz CT molecular complexity index is 1670. The van der Waals surface area contributed by atoms with Gasteiger partial charge in [0.25, 0.3) is 15.9 Å². The van der Waals surface area contributed by atoms with Crippen molar-refractivity contribution >= 4 is 33.3 Å². The molecule has 0 unspecified atom stereocenters. The van der Waals surface area contributed by atoms with Crippen LogP contribution < -0.4 is 29.0 Å². The van der Waals surface area contributed by atoms with Crippen molar-refractivity contribution in [1.29, 1.82) is 0 Å². The average Bonchev–Trinajstić information content (AvgIpc) is 3.50. The van der Waals surface area contributed by atoms with E-state index in [0.717, 1.165) is 0 Å². The minimum atomic E-state index is -3.98. The van der Waals surface area contributed by atoms with Crippen molar-refractivity contribution in [1.82, 2.24) is 9.80 Å². The molecule has 3 aromatic carbocycles. The van der Waals surface area contributed by atoms with E-state index in [1.807, 2.05) is 6.92 Å². The third-order valence-electron chi connectivity index (χ3n) is 7.71. The first-order valence-corrected chi connectivity index (χ1v) is 15.8. The second-order valence-corrected chi connectivity index (χ2v) is 12.7. The van der Waals surface area contributed by atoms with Gasteiger partial charge in [-0.15, -0.1) is 0 Å². The van der Waals surface area contributed by atoms with Gasteiger partial charge in [0.15, 0.2) is 11.5 Å². The molecule has 2 aliphatic rings. The number of likely N-dealkylation sites (N-methyl/N-ethyl adjacent to an activating group) is 1. The number of carbonyl (C=O) groups is 2. The molecule has 2 aliphatic heterocycles. The molecule has 0 aliphatic carbocycles. The van der Waals surface area contributed by atoms with Crippen LogP contribution in [0.4, 0.5) is 16.2 Å². The number of aliphatic hydroxyl groups excluding tert-OH is 1. The first-order chi connectivity index (χ1) is 21.5. The third kappa shape index (κ3) is 7.02. The largest absolute Gasteiger partial charge is 0.497 e. The van der Waals surface area contributed by atoms with Gasteiger partial charge >= 0.3 is 6.03 Å². The maximum absolute atomic E-state index is 13.8. The normalized spacial score (nSPS) is 18.2. The van der Waals surface area contributed by atoms with Gasteiger partial charge in [-0.3, -0.25) is 9.52 Å². The van der Waals surface area contributed by atoms with Crippen LogP contribution in [0.5, 0.6) is 23.0 Å². The number of sulfonamides is 1. The molecule has 0 bridgehead atoms. The molecule has 3 N–H and O–H groups in total. The minimum Gasteiger partial charge on any atom is -0.497 e. The predicted molar refractivity (Wildman–Crippen MR) is 166 cm³/mol. The molecule has 0 aromatic heterocycles. The van der Waals surface area contributed by atoms with Crippen LogP contribution in [0.15, 0.2) is 65.6 Å². The number of methoxy groups -OCH3 is 1.